The number of hydrogen-bond acceptors (Lipinski definition) is 3. The van der Waals surface area contributed by atoms with Crippen molar-refractivity contribution in [2.75, 3.05) is 18.6 Å². The van der Waals surface area contributed by atoms with E-state index in [2.05, 4.69) is 37.8 Å². The topological polar surface area (TPSA) is 49.8 Å². The van der Waals surface area contributed by atoms with Crippen molar-refractivity contribution in [1.82, 2.24) is 0 Å². The highest BCUT2D eigenvalue weighted by atomic mass is 16.5. The average molecular weight is 319 g/mol. The zero-order valence-corrected chi connectivity index (χ0v) is 15.1. The molecule has 128 valence electrons. The third-order valence-electron chi connectivity index (χ3n) is 3.96. The first-order valence-corrected chi connectivity index (χ1v) is 8.22. The molecule has 4 nitrogen and oxygen atoms in total. The maximum Gasteiger partial charge on any atom is 0.303 e. The summed E-state index contributed by atoms with van der Waals surface area (Å²) in [4.78, 5) is 13.0. The van der Waals surface area contributed by atoms with E-state index in [4.69, 9.17) is 9.84 Å². The van der Waals surface area contributed by atoms with E-state index >= 15 is 0 Å². The summed E-state index contributed by atoms with van der Waals surface area (Å²) in [5, 5.41) is 8.84. The fourth-order valence-electron chi connectivity index (χ4n) is 2.99. The van der Waals surface area contributed by atoms with Crippen molar-refractivity contribution in [3.63, 3.8) is 0 Å². The fourth-order valence-corrected chi connectivity index (χ4v) is 2.99. The van der Waals surface area contributed by atoms with E-state index in [0.717, 1.165) is 11.4 Å². The van der Waals surface area contributed by atoms with E-state index in [9.17, 15) is 4.79 Å². The molecule has 23 heavy (non-hydrogen) atoms. The minimum Gasteiger partial charge on any atom is -0.497 e. The third kappa shape index (κ3) is 4.50. The number of hydrogen-bond donors (Lipinski definition) is 1. The van der Waals surface area contributed by atoms with Crippen LogP contribution in [-0.4, -0.2) is 30.3 Å². The van der Waals surface area contributed by atoms with Crippen LogP contribution in [0.5, 0.6) is 5.75 Å². The summed E-state index contributed by atoms with van der Waals surface area (Å²) in [5.74, 6) is 0.0740. The Morgan fingerprint density at radius 3 is 2.52 bits per heavy atom. The van der Waals surface area contributed by atoms with Crippen LogP contribution in [0.15, 0.2) is 24.3 Å². The Labute approximate surface area is 139 Å². The molecular formula is C19H29NO3. The van der Waals surface area contributed by atoms with Crippen LogP contribution < -0.4 is 9.64 Å². The highest BCUT2D eigenvalue weighted by Gasteiger charge is 2.31. The lowest BCUT2D eigenvalue weighted by Crippen LogP contribution is -2.45. The van der Waals surface area contributed by atoms with E-state index in [1.807, 2.05) is 26.0 Å². The van der Waals surface area contributed by atoms with Gasteiger partial charge in [-0.25, -0.2) is 0 Å². The van der Waals surface area contributed by atoms with Crippen molar-refractivity contribution < 1.29 is 14.6 Å². The van der Waals surface area contributed by atoms with Crippen LogP contribution in [0.4, 0.5) is 5.69 Å². The molecule has 4 heteroatoms. The maximum atomic E-state index is 10.7. The zero-order valence-electron chi connectivity index (χ0n) is 15.1. The van der Waals surface area contributed by atoms with Gasteiger partial charge in [-0.1, -0.05) is 19.9 Å². The van der Waals surface area contributed by atoms with Crippen LogP contribution in [0.3, 0.4) is 0 Å². The molecule has 0 saturated carbocycles. The second kappa shape index (κ2) is 8.04. The number of methoxy groups -OCH3 is 1. The molecule has 0 unspecified atom stereocenters. The number of aliphatic carboxylic acids is 1. The van der Waals surface area contributed by atoms with E-state index in [1.165, 1.54) is 11.1 Å². The molecule has 0 fully saturated rings. The molecule has 1 N–H and O–H groups in total. The Hall–Kier alpha value is -1.97. The van der Waals surface area contributed by atoms with Gasteiger partial charge in [-0.05, 0) is 44.9 Å². The van der Waals surface area contributed by atoms with Gasteiger partial charge in [-0.3, -0.25) is 4.79 Å². The number of nitrogens with zero attached hydrogens (tertiary/aromatic N) is 1. The number of ether oxygens (including phenoxy) is 1. The van der Waals surface area contributed by atoms with Crippen LogP contribution in [0, 0.1) is 0 Å². The molecule has 1 aliphatic heterocycles. The normalized spacial score (nSPS) is 15.0. The van der Waals surface area contributed by atoms with E-state index < -0.39 is 5.97 Å². The molecule has 1 aromatic carbocycles. The van der Waals surface area contributed by atoms with Gasteiger partial charge in [0.25, 0.3) is 0 Å². The Bertz CT molecular complexity index is 576. The van der Waals surface area contributed by atoms with Crippen LogP contribution in [0.25, 0.3) is 5.57 Å². The van der Waals surface area contributed by atoms with Gasteiger partial charge in [0, 0.05) is 30.3 Å². The van der Waals surface area contributed by atoms with Crippen molar-refractivity contribution in [3.8, 4) is 5.75 Å². The molecule has 1 aliphatic rings. The van der Waals surface area contributed by atoms with Crippen LogP contribution in [0.2, 0.25) is 0 Å². The van der Waals surface area contributed by atoms with Crippen LogP contribution in [-0.2, 0) is 4.79 Å². The maximum absolute atomic E-state index is 10.7. The van der Waals surface area contributed by atoms with Gasteiger partial charge in [0.1, 0.15) is 5.75 Å². The van der Waals surface area contributed by atoms with Gasteiger partial charge in [0.15, 0.2) is 0 Å². The number of benzene rings is 1. The predicted octanol–water partition coefficient (Wildman–Crippen LogP) is 4.59. The summed E-state index contributed by atoms with van der Waals surface area (Å²) in [6.07, 6.45) is 3.06. The molecule has 1 aromatic rings. The second-order valence-electron chi connectivity index (χ2n) is 6.01. The monoisotopic (exact) mass is 319 g/mol. The van der Waals surface area contributed by atoms with Crippen molar-refractivity contribution in [2.24, 2.45) is 0 Å². The number of carboxylic acid groups (broad SMARTS) is 1. The number of anilines is 1. The molecule has 0 aromatic heterocycles. The predicted molar refractivity (Wildman–Crippen MR) is 96.3 cm³/mol. The van der Waals surface area contributed by atoms with Gasteiger partial charge < -0.3 is 14.7 Å². The van der Waals surface area contributed by atoms with E-state index in [1.54, 1.807) is 7.11 Å². The van der Waals surface area contributed by atoms with Crippen molar-refractivity contribution in [2.45, 2.75) is 53.0 Å². The SMILES string of the molecule is CC.COc1ccc2c(c1)N(CCCC(=O)O)C(C)(C)C=C2C. The summed E-state index contributed by atoms with van der Waals surface area (Å²) >= 11 is 0. The number of rotatable bonds is 5. The fraction of sp³-hybridized carbons (Fsp3) is 0.526. The minimum absolute atomic E-state index is 0.137. The Morgan fingerprint density at radius 1 is 1.30 bits per heavy atom. The summed E-state index contributed by atoms with van der Waals surface area (Å²) in [6, 6.07) is 6.07. The summed E-state index contributed by atoms with van der Waals surface area (Å²) < 4.78 is 5.33. The minimum atomic E-state index is -0.748. The standard InChI is InChI=1S/C17H23NO3.C2H6/c1-12-11-17(2,3)18(9-5-6-16(19)20)15-10-13(21-4)7-8-14(12)15;1-2/h7-8,10-11H,5-6,9H2,1-4H3,(H,19,20);1-2H3. The molecule has 0 atom stereocenters. The Balaban J connectivity index is 0.00000127. The number of carbonyl (C=O) groups is 1. The Morgan fingerprint density at radius 2 is 1.96 bits per heavy atom. The van der Waals surface area contributed by atoms with Gasteiger partial charge in [-0.2, -0.15) is 0 Å². The van der Waals surface area contributed by atoms with Crippen molar-refractivity contribution in [3.05, 3.63) is 29.8 Å². The lowest BCUT2D eigenvalue weighted by atomic mass is 9.88. The largest absolute Gasteiger partial charge is 0.497 e. The molecule has 2 rings (SSSR count). The van der Waals surface area contributed by atoms with Gasteiger partial charge in [0.2, 0.25) is 0 Å². The molecule has 0 amide bonds. The van der Waals surface area contributed by atoms with Crippen LogP contribution in [0.1, 0.15) is 53.0 Å². The van der Waals surface area contributed by atoms with E-state index in [-0.39, 0.29) is 12.0 Å². The lowest BCUT2D eigenvalue weighted by Gasteiger charge is -2.43. The first-order valence-electron chi connectivity index (χ1n) is 8.22. The highest BCUT2D eigenvalue weighted by Crippen LogP contribution is 2.40. The number of fused-ring (bicyclic) bond motifs is 1. The molecule has 1 heterocycles. The Kier molecular flexibility index (Phi) is 6.67. The van der Waals surface area contributed by atoms with Crippen molar-refractivity contribution in [1.29, 1.82) is 0 Å². The van der Waals surface area contributed by atoms with Crippen LogP contribution >= 0.6 is 0 Å². The molecule has 0 bridgehead atoms. The lowest BCUT2D eigenvalue weighted by molar-refractivity contribution is -0.137. The quantitative estimate of drug-likeness (QED) is 0.862. The first-order chi connectivity index (χ1) is 10.8. The zero-order chi connectivity index (χ0) is 17.6. The summed E-state index contributed by atoms with van der Waals surface area (Å²) in [6.45, 7) is 11.1. The first kappa shape index (κ1) is 19.1. The molecule has 0 radical (unpaired) electrons. The number of carboxylic acids is 1. The molecule has 0 spiro atoms. The van der Waals surface area contributed by atoms with Gasteiger partial charge in [0.05, 0.1) is 12.6 Å². The molecular weight excluding hydrogens is 290 g/mol. The van der Waals surface area contributed by atoms with Gasteiger partial charge in [-0.15, -0.1) is 0 Å². The third-order valence-corrected chi connectivity index (χ3v) is 3.96. The van der Waals surface area contributed by atoms with Crippen molar-refractivity contribution >= 4 is 17.2 Å². The average Bonchev–Trinajstić information content (AvgIpc) is 2.51. The highest BCUT2D eigenvalue weighted by molar-refractivity contribution is 5.82. The van der Waals surface area contributed by atoms with Gasteiger partial charge >= 0.3 is 5.97 Å². The smallest absolute Gasteiger partial charge is 0.303 e. The molecule has 0 aliphatic carbocycles. The summed E-state index contributed by atoms with van der Waals surface area (Å²) in [5.41, 5.74) is 3.41. The summed E-state index contributed by atoms with van der Waals surface area (Å²) in [7, 11) is 1.66. The van der Waals surface area contributed by atoms with E-state index in [0.29, 0.717) is 13.0 Å². The number of allylic oxidation sites excluding steroid dienone is 1. The second-order valence-corrected chi connectivity index (χ2v) is 6.01. The molecule has 0 saturated heterocycles.